The normalized spacial score (nSPS) is 12.8. The summed E-state index contributed by atoms with van der Waals surface area (Å²) in [5.74, 6) is 0. The van der Waals surface area contributed by atoms with Crippen LogP contribution in [0.3, 0.4) is 0 Å². The van der Waals surface area contributed by atoms with Crippen molar-refractivity contribution in [3.63, 3.8) is 0 Å². The van der Waals surface area contributed by atoms with Crippen LogP contribution in [0.4, 0.5) is 0 Å². The predicted octanol–water partition coefficient (Wildman–Crippen LogP) is 3.95. The first-order valence-electron chi connectivity index (χ1n) is 5.71. The highest BCUT2D eigenvalue weighted by Gasteiger charge is 2.14. The van der Waals surface area contributed by atoms with E-state index in [4.69, 9.17) is 23.2 Å². The van der Waals surface area contributed by atoms with Gasteiger partial charge in [-0.25, -0.2) is 0 Å². The molecule has 0 spiro atoms. The first kappa shape index (κ1) is 12.5. The highest BCUT2D eigenvalue weighted by Crippen LogP contribution is 2.29. The van der Waals surface area contributed by atoms with Gasteiger partial charge in [0.2, 0.25) is 0 Å². The molecule has 3 nitrogen and oxygen atoms in total. The van der Waals surface area contributed by atoms with Gasteiger partial charge in [-0.3, -0.25) is 4.98 Å². The summed E-state index contributed by atoms with van der Waals surface area (Å²) in [6.45, 7) is 0. The van der Waals surface area contributed by atoms with E-state index in [1.807, 2.05) is 12.1 Å². The standard InChI is InChI=1S/C14H10Cl2N2O/c15-10-2-1-9(5-11(10)16)14(19)12-6-8-3-4-17-7-13(8)18-12/h1-7,14,18-19H/t14-/m1/s1. The van der Waals surface area contributed by atoms with E-state index >= 15 is 0 Å². The Morgan fingerprint density at radius 2 is 1.95 bits per heavy atom. The van der Waals surface area contributed by atoms with Crippen molar-refractivity contribution in [3.8, 4) is 0 Å². The molecule has 0 aliphatic rings. The molecule has 0 bridgehead atoms. The molecule has 3 aromatic rings. The van der Waals surface area contributed by atoms with Crippen LogP contribution in [-0.2, 0) is 0 Å². The minimum atomic E-state index is -0.776. The number of aliphatic hydroxyl groups excluding tert-OH is 1. The third-order valence-corrected chi connectivity index (χ3v) is 3.74. The molecule has 0 saturated heterocycles. The van der Waals surface area contributed by atoms with Gasteiger partial charge < -0.3 is 10.1 Å². The highest BCUT2D eigenvalue weighted by molar-refractivity contribution is 6.42. The number of nitrogens with zero attached hydrogens (tertiary/aromatic N) is 1. The van der Waals surface area contributed by atoms with Crippen LogP contribution in [0, 0.1) is 0 Å². The number of nitrogens with one attached hydrogen (secondary N) is 1. The van der Waals surface area contributed by atoms with Gasteiger partial charge in [0.1, 0.15) is 6.10 Å². The van der Waals surface area contributed by atoms with Crippen molar-refractivity contribution in [2.24, 2.45) is 0 Å². The highest BCUT2D eigenvalue weighted by atomic mass is 35.5. The third-order valence-electron chi connectivity index (χ3n) is 3.00. The molecule has 2 N–H and O–H groups in total. The fourth-order valence-electron chi connectivity index (χ4n) is 2.00. The lowest BCUT2D eigenvalue weighted by Crippen LogP contribution is -1.99. The van der Waals surface area contributed by atoms with Gasteiger partial charge in [0.15, 0.2) is 0 Å². The summed E-state index contributed by atoms with van der Waals surface area (Å²) >= 11 is 11.8. The fraction of sp³-hybridized carbons (Fsp3) is 0.0714. The number of aromatic nitrogens is 2. The second-order valence-corrected chi connectivity index (χ2v) is 5.08. The van der Waals surface area contributed by atoms with Crippen LogP contribution in [0.1, 0.15) is 17.4 Å². The molecule has 0 unspecified atom stereocenters. The smallest absolute Gasteiger partial charge is 0.119 e. The maximum atomic E-state index is 10.4. The van der Waals surface area contributed by atoms with Crippen molar-refractivity contribution < 1.29 is 5.11 Å². The third kappa shape index (κ3) is 2.32. The van der Waals surface area contributed by atoms with Crippen LogP contribution in [0.2, 0.25) is 10.0 Å². The summed E-state index contributed by atoms with van der Waals surface area (Å²) in [5, 5.41) is 12.3. The van der Waals surface area contributed by atoms with Crippen molar-refractivity contribution in [1.29, 1.82) is 0 Å². The minimum Gasteiger partial charge on any atom is -0.382 e. The lowest BCUT2D eigenvalue weighted by Gasteiger charge is -2.10. The Bertz CT molecular complexity index is 706. The van der Waals surface area contributed by atoms with E-state index < -0.39 is 6.10 Å². The van der Waals surface area contributed by atoms with E-state index in [0.29, 0.717) is 21.3 Å². The summed E-state index contributed by atoms with van der Waals surface area (Å²) in [7, 11) is 0. The molecule has 0 amide bonds. The second-order valence-electron chi connectivity index (χ2n) is 4.26. The number of H-pyrrole nitrogens is 1. The van der Waals surface area contributed by atoms with E-state index in [2.05, 4.69) is 9.97 Å². The lowest BCUT2D eigenvalue weighted by molar-refractivity contribution is 0.216. The Labute approximate surface area is 119 Å². The number of pyridine rings is 1. The van der Waals surface area contributed by atoms with Crippen LogP contribution in [-0.4, -0.2) is 15.1 Å². The van der Waals surface area contributed by atoms with Gasteiger partial charge in [0.05, 0.1) is 21.8 Å². The number of benzene rings is 1. The lowest BCUT2D eigenvalue weighted by atomic mass is 10.1. The quantitative estimate of drug-likeness (QED) is 0.751. The summed E-state index contributed by atoms with van der Waals surface area (Å²) in [5.41, 5.74) is 2.27. The summed E-state index contributed by atoms with van der Waals surface area (Å²) in [6.07, 6.45) is 2.66. The maximum absolute atomic E-state index is 10.4. The van der Waals surface area contributed by atoms with E-state index in [1.165, 1.54) is 0 Å². The SMILES string of the molecule is O[C@H](c1ccc(Cl)c(Cl)c1)c1cc2ccncc2[nH]1. The number of halogens is 2. The second kappa shape index (κ2) is 4.85. The molecule has 0 fully saturated rings. The average Bonchev–Trinajstić information content (AvgIpc) is 2.85. The van der Waals surface area contributed by atoms with Gasteiger partial charge in [-0.1, -0.05) is 29.3 Å². The van der Waals surface area contributed by atoms with Crippen molar-refractivity contribution in [2.75, 3.05) is 0 Å². The molecule has 5 heteroatoms. The Morgan fingerprint density at radius 1 is 1.11 bits per heavy atom. The molecule has 2 aromatic heterocycles. The molecule has 1 aromatic carbocycles. The average molecular weight is 293 g/mol. The van der Waals surface area contributed by atoms with E-state index in [9.17, 15) is 5.11 Å². The van der Waals surface area contributed by atoms with Crippen LogP contribution in [0.25, 0.3) is 10.9 Å². The summed E-state index contributed by atoms with van der Waals surface area (Å²) in [6, 6.07) is 8.87. The van der Waals surface area contributed by atoms with Gasteiger partial charge in [-0.15, -0.1) is 0 Å². The zero-order valence-corrected chi connectivity index (χ0v) is 11.3. The van der Waals surface area contributed by atoms with Crippen LogP contribution in [0.15, 0.2) is 42.7 Å². The number of aromatic amines is 1. The molecule has 0 saturated carbocycles. The minimum absolute atomic E-state index is 0.427. The summed E-state index contributed by atoms with van der Waals surface area (Å²) in [4.78, 5) is 7.17. The molecule has 1 atom stereocenters. The van der Waals surface area contributed by atoms with Crippen molar-refractivity contribution in [1.82, 2.24) is 9.97 Å². The number of fused-ring (bicyclic) bond motifs is 1. The van der Waals surface area contributed by atoms with Crippen molar-refractivity contribution >= 4 is 34.1 Å². The van der Waals surface area contributed by atoms with Gasteiger partial charge in [-0.2, -0.15) is 0 Å². The number of rotatable bonds is 2. The molecule has 0 aliphatic carbocycles. The monoisotopic (exact) mass is 292 g/mol. The van der Waals surface area contributed by atoms with Gasteiger partial charge in [0, 0.05) is 17.3 Å². The Balaban J connectivity index is 2.02. The predicted molar refractivity (Wildman–Crippen MR) is 76.6 cm³/mol. The van der Waals surface area contributed by atoms with E-state index in [-0.39, 0.29) is 0 Å². The topological polar surface area (TPSA) is 48.9 Å². The Morgan fingerprint density at radius 3 is 2.68 bits per heavy atom. The Hall–Kier alpha value is -1.55. The van der Waals surface area contributed by atoms with E-state index in [1.54, 1.807) is 30.6 Å². The van der Waals surface area contributed by atoms with Crippen molar-refractivity contribution in [3.05, 3.63) is 64.0 Å². The molecule has 3 rings (SSSR count). The van der Waals surface area contributed by atoms with Crippen LogP contribution in [0.5, 0.6) is 0 Å². The number of aliphatic hydroxyl groups is 1. The molecule has 19 heavy (non-hydrogen) atoms. The van der Waals surface area contributed by atoms with Gasteiger partial charge in [0.25, 0.3) is 0 Å². The molecule has 96 valence electrons. The first-order valence-corrected chi connectivity index (χ1v) is 6.46. The fourth-order valence-corrected chi connectivity index (χ4v) is 2.31. The largest absolute Gasteiger partial charge is 0.382 e. The maximum Gasteiger partial charge on any atom is 0.119 e. The van der Waals surface area contributed by atoms with Crippen molar-refractivity contribution in [2.45, 2.75) is 6.10 Å². The first-order chi connectivity index (χ1) is 9.15. The molecule has 2 heterocycles. The molecular weight excluding hydrogens is 283 g/mol. The Kier molecular flexibility index (Phi) is 3.19. The zero-order valence-electron chi connectivity index (χ0n) is 9.77. The number of hydrogen-bond donors (Lipinski definition) is 2. The number of hydrogen-bond acceptors (Lipinski definition) is 2. The summed E-state index contributed by atoms with van der Waals surface area (Å²) < 4.78 is 0. The van der Waals surface area contributed by atoms with Crippen LogP contribution < -0.4 is 0 Å². The van der Waals surface area contributed by atoms with Gasteiger partial charge >= 0.3 is 0 Å². The van der Waals surface area contributed by atoms with E-state index in [0.717, 1.165) is 10.9 Å². The molecule has 0 radical (unpaired) electrons. The zero-order chi connectivity index (χ0) is 13.4. The van der Waals surface area contributed by atoms with Crippen LogP contribution >= 0.6 is 23.2 Å². The van der Waals surface area contributed by atoms with Gasteiger partial charge in [-0.05, 0) is 29.8 Å². The molecule has 0 aliphatic heterocycles. The molecular formula is C14H10Cl2N2O.